The summed E-state index contributed by atoms with van der Waals surface area (Å²) in [6, 6.07) is 2.40. The molecule has 10 heavy (non-hydrogen) atoms. The van der Waals surface area contributed by atoms with Crippen LogP contribution in [0.2, 0.25) is 0 Å². The largest absolute Gasteiger partial charge is 0.198 e. The Morgan fingerprint density at radius 3 is 2.00 bits per heavy atom. The van der Waals surface area contributed by atoms with Gasteiger partial charge in [-0.25, -0.2) is 0 Å². The normalized spacial score (nSPS) is 40.7. The molecular formula is C9H15N. The first-order valence-electron chi connectivity index (χ1n) is 4.15. The first-order valence-corrected chi connectivity index (χ1v) is 4.15. The Labute approximate surface area is 63.0 Å². The molecule has 1 saturated carbocycles. The van der Waals surface area contributed by atoms with Gasteiger partial charge in [-0.2, -0.15) is 5.26 Å². The molecule has 0 aromatic carbocycles. The highest BCUT2D eigenvalue weighted by atomic mass is 14.4. The Hall–Kier alpha value is -0.510. The second-order valence-corrected chi connectivity index (χ2v) is 3.54. The van der Waals surface area contributed by atoms with Gasteiger partial charge >= 0.3 is 0 Å². The van der Waals surface area contributed by atoms with Crippen LogP contribution in [0.3, 0.4) is 0 Å². The summed E-state index contributed by atoms with van der Waals surface area (Å²) in [4.78, 5) is 0. The van der Waals surface area contributed by atoms with E-state index in [0.29, 0.717) is 17.8 Å². The molecule has 2 atom stereocenters. The van der Waals surface area contributed by atoms with Crippen molar-refractivity contribution in [2.24, 2.45) is 17.8 Å². The first-order chi connectivity index (χ1) is 4.75. The number of hydrogen-bond acceptors (Lipinski definition) is 1. The Bertz CT molecular complexity index is 135. The summed E-state index contributed by atoms with van der Waals surface area (Å²) in [6.45, 7) is 4.40. The molecule has 0 heterocycles. The third-order valence-corrected chi connectivity index (χ3v) is 2.69. The fourth-order valence-electron chi connectivity index (χ4n) is 1.94. The summed E-state index contributed by atoms with van der Waals surface area (Å²) >= 11 is 0. The molecule has 0 saturated heterocycles. The third kappa shape index (κ3) is 1.31. The van der Waals surface area contributed by atoms with Gasteiger partial charge in [-0.05, 0) is 24.7 Å². The molecule has 1 fully saturated rings. The minimum Gasteiger partial charge on any atom is -0.198 e. The highest BCUT2D eigenvalue weighted by molar-refractivity contribution is 4.92. The maximum absolute atomic E-state index is 8.78. The summed E-state index contributed by atoms with van der Waals surface area (Å²) in [6.07, 6.45) is 3.83. The highest BCUT2D eigenvalue weighted by Gasteiger charge is 2.26. The van der Waals surface area contributed by atoms with Gasteiger partial charge in [0.15, 0.2) is 0 Å². The average molecular weight is 137 g/mol. The molecule has 0 aliphatic heterocycles. The molecule has 56 valence electrons. The van der Waals surface area contributed by atoms with Crippen LogP contribution in [-0.4, -0.2) is 0 Å². The number of rotatable bonds is 0. The fraction of sp³-hybridized carbons (Fsp3) is 0.889. The average Bonchev–Trinajstić information content (AvgIpc) is 1.88. The lowest BCUT2D eigenvalue weighted by Crippen LogP contribution is -2.22. The minimum absolute atomic E-state index is 0.328. The van der Waals surface area contributed by atoms with Crippen molar-refractivity contribution in [3.63, 3.8) is 0 Å². The van der Waals surface area contributed by atoms with Crippen LogP contribution in [0.4, 0.5) is 0 Å². The van der Waals surface area contributed by atoms with Gasteiger partial charge in [-0.15, -0.1) is 0 Å². The Kier molecular flexibility index (Phi) is 2.32. The van der Waals surface area contributed by atoms with Crippen LogP contribution in [0.25, 0.3) is 0 Å². The SMILES string of the molecule is CC1CCCC(C)C1C#N. The predicted octanol–water partition coefficient (Wildman–Crippen LogP) is 2.58. The monoisotopic (exact) mass is 137 g/mol. The number of nitriles is 1. The molecule has 0 aromatic rings. The van der Waals surface area contributed by atoms with Crippen LogP contribution in [0.15, 0.2) is 0 Å². The zero-order valence-electron chi connectivity index (χ0n) is 6.80. The molecule has 1 rings (SSSR count). The zero-order valence-corrected chi connectivity index (χ0v) is 6.80. The van der Waals surface area contributed by atoms with Gasteiger partial charge in [0.1, 0.15) is 0 Å². The van der Waals surface area contributed by atoms with Gasteiger partial charge in [0.05, 0.1) is 12.0 Å². The standard InChI is InChI=1S/C9H15N/c1-7-4-3-5-8(2)9(7)6-10/h7-9H,3-5H2,1-2H3. The van der Waals surface area contributed by atoms with Crippen LogP contribution in [-0.2, 0) is 0 Å². The Balaban J connectivity index is 2.56. The van der Waals surface area contributed by atoms with E-state index >= 15 is 0 Å². The molecule has 1 aliphatic rings. The van der Waals surface area contributed by atoms with E-state index in [4.69, 9.17) is 5.26 Å². The van der Waals surface area contributed by atoms with Crippen LogP contribution in [0.5, 0.6) is 0 Å². The van der Waals surface area contributed by atoms with Crippen molar-refractivity contribution < 1.29 is 0 Å². The molecule has 0 radical (unpaired) electrons. The Morgan fingerprint density at radius 2 is 1.70 bits per heavy atom. The number of hydrogen-bond donors (Lipinski definition) is 0. The van der Waals surface area contributed by atoms with E-state index in [1.54, 1.807) is 0 Å². The van der Waals surface area contributed by atoms with E-state index < -0.39 is 0 Å². The van der Waals surface area contributed by atoms with E-state index in [0.717, 1.165) is 0 Å². The first kappa shape index (κ1) is 7.60. The van der Waals surface area contributed by atoms with E-state index in [1.807, 2.05) is 0 Å². The van der Waals surface area contributed by atoms with Gasteiger partial charge in [0.25, 0.3) is 0 Å². The van der Waals surface area contributed by atoms with Crippen LogP contribution < -0.4 is 0 Å². The molecule has 0 aromatic heterocycles. The van der Waals surface area contributed by atoms with E-state index in [2.05, 4.69) is 19.9 Å². The van der Waals surface area contributed by atoms with Crippen LogP contribution in [0.1, 0.15) is 33.1 Å². The summed E-state index contributed by atoms with van der Waals surface area (Å²) < 4.78 is 0. The maximum Gasteiger partial charge on any atom is 0.0661 e. The molecule has 1 heteroatoms. The van der Waals surface area contributed by atoms with Gasteiger partial charge in [-0.1, -0.05) is 20.3 Å². The molecule has 0 amide bonds. The maximum atomic E-state index is 8.78. The molecule has 0 spiro atoms. The van der Waals surface area contributed by atoms with Crippen molar-refractivity contribution in [1.82, 2.24) is 0 Å². The molecular weight excluding hydrogens is 122 g/mol. The van der Waals surface area contributed by atoms with Crippen molar-refractivity contribution in [1.29, 1.82) is 5.26 Å². The highest BCUT2D eigenvalue weighted by Crippen LogP contribution is 2.33. The summed E-state index contributed by atoms with van der Waals surface area (Å²) in [5, 5.41) is 8.78. The fourth-order valence-corrected chi connectivity index (χ4v) is 1.94. The van der Waals surface area contributed by atoms with Crippen molar-refractivity contribution in [3.8, 4) is 6.07 Å². The lowest BCUT2D eigenvalue weighted by atomic mass is 9.74. The molecule has 1 aliphatic carbocycles. The van der Waals surface area contributed by atoms with Crippen LogP contribution in [0, 0.1) is 29.1 Å². The topological polar surface area (TPSA) is 23.8 Å². The van der Waals surface area contributed by atoms with Crippen molar-refractivity contribution in [2.75, 3.05) is 0 Å². The smallest absolute Gasteiger partial charge is 0.0661 e. The van der Waals surface area contributed by atoms with E-state index in [1.165, 1.54) is 19.3 Å². The Morgan fingerprint density at radius 1 is 1.20 bits per heavy atom. The van der Waals surface area contributed by atoms with E-state index in [9.17, 15) is 0 Å². The molecule has 2 unspecified atom stereocenters. The summed E-state index contributed by atoms with van der Waals surface area (Å²) in [7, 11) is 0. The molecule has 0 N–H and O–H groups in total. The number of nitrogens with zero attached hydrogens (tertiary/aromatic N) is 1. The quantitative estimate of drug-likeness (QED) is 0.503. The molecule has 0 bridgehead atoms. The van der Waals surface area contributed by atoms with Crippen molar-refractivity contribution in [2.45, 2.75) is 33.1 Å². The van der Waals surface area contributed by atoms with Gasteiger partial charge in [0.2, 0.25) is 0 Å². The third-order valence-electron chi connectivity index (χ3n) is 2.69. The van der Waals surface area contributed by atoms with E-state index in [-0.39, 0.29) is 0 Å². The summed E-state index contributed by atoms with van der Waals surface area (Å²) in [5.41, 5.74) is 0. The second kappa shape index (κ2) is 3.05. The second-order valence-electron chi connectivity index (χ2n) is 3.54. The van der Waals surface area contributed by atoms with Crippen molar-refractivity contribution in [3.05, 3.63) is 0 Å². The lowest BCUT2D eigenvalue weighted by molar-refractivity contribution is 0.231. The zero-order chi connectivity index (χ0) is 7.56. The lowest BCUT2D eigenvalue weighted by Gasteiger charge is -2.28. The minimum atomic E-state index is 0.328. The van der Waals surface area contributed by atoms with Crippen molar-refractivity contribution >= 4 is 0 Å². The van der Waals surface area contributed by atoms with Gasteiger partial charge in [-0.3, -0.25) is 0 Å². The summed E-state index contributed by atoms with van der Waals surface area (Å²) in [5.74, 6) is 1.59. The molecule has 1 nitrogen and oxygen atoms in total. The predicted molar refractivity (Wildman–Crippen MR) is 41.3 cm³/mol. The van der Waals surface area contributed by atoms with Gasteiger partial charge < -0.3 is 0 Å². The van der Waals surface area contributed by atoms with Gasteiger partial charge in [0, 0.05) is 0 Å². The van der Waals surface area contributed by atoms with Crippen LogP contribution >= 0.6 is 0 Å².